The van der Waals surface area contributed by atoms with Crippen molar-refractivity contribution in [3.8, 4) is 0 Å². The van der Waals surface area contributed by atoms with Crippen LogP contribution < -0.4 is 10.6 Å². The highest BCUT2D eigenvalue weighted by Gasteiger charge is 2.05. The molecule has 0 saturated heterocycles. The van der Waals surface area contributed by atoms with Crippen LogP contribution in [0.5, 0.6) is 0 Å². The van der Waals surface area contributed by atoms with E-state index in [-0.39, 0.29) is 12.1 Å². The summed E-state index contributed by atoms with van der Waals surface area (Å²) in [5.74, 6) is 0. The number of carbonyl (C=O) groups is 1. The summed E-state index contributed by atoms with van der Waals surface area (Å²) in [6.07, 6.45) is 2.04. The minimum Gasteiger partial charge on any atom is -0.335 e. The van der Waals surface area contributed by atoms with Gasteiger partial charge >= 0.3 is 6.03 Å². The molecular weight excluding hydrogens is 224 g/mol. The van der Waals surface area contributed by atoms with E-state index in [9.17, 15) is 4.79 Å². The second-order valence-corrected chi connectivity index (χ2v) is 4.23. The molecule has 0 bridgehead atoms. The number of rotatable bonds is 4. The first-order chi connectivity index (χ1) is 7.61. The third-order valence-corrected chi connectivity index (χ3v) is 2.45. The van der Waals surface area contributed by atoms with Gasteiger partial charge in [0.15, 0.2) is 0 Å². The Kier molecular flexibility index (Phi) is 5.12. The number of halogens is 1. The highest BCUT2D eigenvalue weighted by Crippen LogP contribution is 2.13. The van der Waals surface area contributed by atoms with Gasteiger partial charge in [-0.3, -0.25) is 0 Å². The zero-order chi connectivity index (χ0) is 12.0. The van der Waals surface area contributed by atoms with Crippen LogP contribution >= 0.6 is 11.6 Å². The third-order valence-electron chi connectivity index (χ3n) is 2.20. The normalized spacial score (nSPS) is 11.9. The Balaban J connectivity index is 2.42. The summed E-state index contributed by atoms with van der Waals surface area (Å²) < 4.78 is 0. The van der Waals surface area contributed by atoms with Gasteiger partial charge in [0.25, 0.3) is 0 Å². The molecule has 0 saturated carbocycles. The van der Waals surface area contributed by atoms with Crippen molar-refractivity contribution < 1.29 is 4.79 Å². The molecule has 0 radical (unpaired) electrons. The van der Waals surface area contributed by atoms with E-state index >= 15 is 0 Å². The van der Waals surface area contributed by atoms with Crippen LogP contribution in [0.4, 0.5) is 10.5 Å². The van der Waals surface area contributed by atoms with Gasteiger partial charge in [0.2, 0.25) is 0 Å². The summed E-state index contributed by atoms with van der Waals surface area (Å²) >= 11 is 5.75. The van der Waals surface area contributed by atoms with Crippen LogP contribution in [0.25, 0.3) is 0 Å². The van der Waals surface area contributed by atoms with Crippen LogP contribution in [0, 0.1) is 0 Å². The van der Waals surface area contributed by atoms with E-state index in [4.69, 9.17) is 11.6 Å². The maximum atomic E-state index is 11.5. The molecule has 1 aromatic carbocycles. The third kappa shape index (κ3) is 4.53. The van der Waals surface area contributed by atoms with Crippen LogP contribution in [-0.4, -0.2) is 12.1 Å². The predicted octanol–water partition coefficient (Wildman–Crippen LogP) is 3.65. The zero-order valence-corrected chi connectivity index (χ0v) is 10.3. The molecule has 0 spiro atoms. The topological polar surface area (TPSA) is 41.1 Å². The Morgan fingerprint density at radius 1 is 1.38 bits per heavy atom. The van der Waals surface area contributed by atoms with Gasteiger partial charge in [-0.15, -0.1) is 0 Å². The quantitative estimate of drug-likeness (QED) is 0.829. The summed E-state index contributed by atoms with van der Waals surface area (Å²) in [5.41, 5.74) is 0.741. The second-order valence-electron chi connectivity index (χ2n) is 3.80. The van der Waals surface area contributed by atoms with E-state index < -0.39 is 0 Å². The molecule has 2 N–H and O–H groups in total. The molecule has 0 heterocycles. The van der Waals surface area contributed by atoms with E-state index in [1.165, 1.54) is 0 Å². The first-order valence-corrected chi connectivity index (χ1v) is 5.82. The molecule has 1 atom stereocenters. The van der Waals surface area contributed by atoms with Gasteiger partial charge in [0.1, 0.15) is 0 Å². The van der Waals surface area contributed by atoms with E-state index in [1.54, 1.807) is 24.3 Å². The highest BCUT2D eigenvalue weighted by atomic mass is 35.5. The van der Waals surface area contributed by atoms with Crippen molar-refractivity contribution in [3.05, 3.63) is 29.3 Å². The molecule has 0 fully saturated rings. The fourth-order valence-electron chi connectivity index (χ4n) is 1.43. The van der Waals surface area contributed by atoms with Crippen LogP contribution in [0.2, 0.25) is 5.02 Å². The lowest BCUT2D eigenvalue weighted by Crippen LogP contribution is -2.35. The van der Waals surface area contributed by atoms with Gasteiger partial charge in [-0.05, 0) is 37.6 Å². The first kappa shape index (κ1) is 12.8. The average Bonchev–Trinajstić information content (AvgIpc) is 2.21. The van der Waals surface area contributed by atoms with Crippen LogP contribution in [0.3, 0.4) is 0 Å². The zero-order valence-electron chi connectivity index (χ0n) is 9.59. The summed E-state index contributed by atoms with van der Waals surface area (Å²) in [5, 5.41) is 6.27. The molecule has 1 rings (SSSR count). The maximum absolute atomic E-state index is 11.5. The Morgan fingerprint density at radius 2 is 2.00 bits per heavy atom. The lowest BCUT2D eigenvalue weighted by Gasteiger charge is -2.13. The van der Waals surface area contributed by atoms with Crippen molar-refractivity contribution in [1.82, 2.24) is 5.32 Å². The Bertz CT molecular complexity index is 337. The van der Waals surface area contributed by atoms with Crippen molar-refractivity contribution in [2.75, 3.05) is 5.32 Å². The molecule has 4 heteroatoms. The van der Waals surface area contributed by atoms with Gasteiger partial charge in [-0.25, -0.2) is 4.79 Å². The summed E-state index contributed by atoms with van der Waals surface area (Å²) in [7, 11) is 0. The van der Waals surface area contributed by atoms with Crippen molar-refractivity contribution in [3.63, 3.8) is 0 Å². The first-order valence-electron chi connectivity index (χ1n) is 5.45. The maximum Gasteiger partial charge on any atom is 0.319 e. The van der Waals surface area contributed by atoms with Crippen molar-refractivity contribution in [1.29, 1.82) is 0 Å². The molecule has 88 valence electrons. The number of hydrogen-bond donors (Lipinski definition) is 2. The molecule has 1 aromatic rings. The Labute approximate surface area is 101 Å². The average molecular weight is 241 g/mol. The number of benzene rings is 1. The second kappa shape index (κ2) is 6.38. The van der Waals surface area contributed by atoms with Crippen LogP contribution in [-0.2, 0) is 0 Å². The van der Waals surface area contributed by atoms with Crippen molar-refractivity contribution >= 4 is 23.3 Å². The van der Waals surface area contributed by atoms with E-state index in [0.29, 0.717) is 5.02 Å². The number of urea groups is 1. The molecule has 1 unspecified atom stereocenters. The number of amides is 2. The smallest absolute Gasteiger partial charge is 0.319 e. The number of nitrogens with one attached hydrogen (secondary N) is 2. The standard InChI is InChI=1S/C12H17ClN2O/c1-3-4-9(2)14-12(16)15-11-7-5-10(13)6-8-11/h5-9H,3-4H2,1-2H3,(H2,14,15,16). The van der Waals surface area contributed by atoms with E-state index in [0.717, 1.165) is 18.5 Å². The minimum absolute atomic E-state index is 0.178. The minimum atomic E-state index is -0.178. The van der Waals surface area contributed by atoms with Crippen LogP contribution in [0.1, 0.15) is 26.7 Å². The number of hydrogen-bond acceptors (Lipinski definition) is 1. The van der Waals surface area contributed by atoms with Crippen LogP contribution in [0.15, 0.2) is 24.3 Å². The molecule has 0 aliphatic carbocycles. The largest absolute Gasteiger partial charge is 0.335 e. The Hall–Kier alpha value is -1.22. The molecular formula is C12H17ClN2O. The molecule has 0 aromatic heterocycles. The molecule has 0 aliphatic rings. The fourth-order valence-corrected chi connectivity index (χ4v) is 1.56. The van der Waals surface area contributed by atoms with Gasteiger partial charge < -0.3 is 10.6 Å². The van der Waals surface area contributed by atoms with Crippen molar-refractivity contribution in [2.24, 2.45) is 0 Å². The summed E-state index contributed by atoms with van der Waals surface area (Å²) in [4.78, 5) is 11.5. The van der Waals surface area contributed by atoms with E-state index in [2.05, 4.69) is 17.6 Å². The van der Waals surface area contributed by atoms with Gasteiger partial charge in [-0.2, -0.15) is 0 Å². The number of carbonyl (C=O) groups excluding carboxylic acids is 1. The lowest BCUT2D eigenvalue weighted by molar-refractivity contribution is 0.248. The SMILES string of the molecule is CCCC(C)NC(=O)Nc1ccc(Cl)cc1. The molecule has 3 nitrogen and oxygen atoms in total. The molecule has 0 aliphatic heterocycles. The van der Waals surface area contributed by atoms with Gasteiger partial charge in [0.05, 0.1) is 0 Å². The highest BCUT2D eigenvalue weighted by molar-refractivity contribution is 6.30. The number of anilines is 1. The van der Waals surface area contributed by atoms with Gasteiger partial charge in [0, 0.05) is 16.8 Å². The van der Waals surface area contributed by atoms with Gasteiger partial charge in [-0.1, -0.05) is 24.9 Å². The summed E-state index contributed by atoms with van der Waals surface area (Å²) in [6, 6.07) is 7.04. The molecule has 16 heavy (non-hydrogen) atoms. The molecule has 2 amide bonds. The Morgan fingerprint density at radius 3 is 2.56 bits per heavy atom. The monoisotopic (exact) mass is 240 g/mol. The predicted molar refractivity (Wildman–Crippen MR) is 68.0 cm³/mol. The lowest BCUT2D eigenvalue weighted by atomic mass is 10.2. The van der Waals surface area contributed by atoms with E-state index in [1.807, 2.05) is 6.92 Å². The summed E-state index contributed by atoms with van der Waals surface area (Å²) in [6.45, 7) is 4.08. The van der Waals surface area contributed by atoms with Crippen molar-refractivity contribution in [2.45, 2.75) is 32.7 Å². The fraction of sp³-hybridized carbons (Fsp3) is 0.417.